The number of aromatic hydroxyl groups is 1. The predicted molar refractivity (Wildman–Crippen MR) is 165 cm³/mol. The zero-order valence-corrected chi connectivity index (χ0v) is 26.7. The van der Waals surface area contributed by atoms with Crippen LogP contribution in [0.5, 0.6) is 5.88 Å². The van der Waals surface area contributed by atoms with Gasteiger partial charge in [0.1, 0.15) is 17.6 Å². The number of aromatic nitrogens is 4. The minimum atomic E-state index is -1.51. The number of esters is 3. The van der Waals surface area contributed by atoms with Crippen LogP contribution in [0.15, 0.2) is 65.0 Å². The number of para-hydroxylation sites is 1. The van der Waals surface area contributed by atoms with E-state index in [0.717, 1.165) is 25.6 Å². The number of ketones is 1. The zero-order valence-electron chi connectivity index (χ0n) is 26.7. The van der Waals surface area contributed by atoms with E-state index in [1.165, 1.54) is 13.1 Å². The molecule has 17 heteroatoms. The van der Waals surface area contributed by atoms with Crippen LogP contribution in [0.25, 0.3) is 10.9 Å². The molecular formula is C32H31N7O10. The molecule has 1 aliphatic heterocycles. The van der Waals surface area contributed by atoms with Crippen molar-refractivity contribution in [2.75, 3.05) is 0 Å². The molecule has 0 radical (unpaired) electrons. The quantitative estimate of drug-likeness (QED) is 0.138. The van der Waals surface area contributed by atoms with Crippen LogP contribution in [0.4, 0.5) is 11.4 Å². The van der Waals surface area contributed by atoms with Crippen molar-refractivity contribution in [1.29, 1.82) is 5.26 Å². The lowest BCUT2D eigenvalue weighted by Gasteiger charge is -2.43. The summed E-state index contributed by atoms with van der Waals surface area (Å²) in [4.78, 5) is 55.0. The van der Waals surface area contributed by atoms with Gasteiger partial charge in [-0.15, -0.1) is 10.2 Å². The second-order valence-corrected chi connectivity index (χ2v) is 11.0. The number of benzene rings is 2. The number of ether oxygens (including phenoxy) is 4. The number of carbonyl (C=O) groups excluding carboxylic acids is 4. The standard InChI is InChI=1S/C32H31N7O10/c1-17(40)13-26-28(45-18(2)41)29(46-19(3)42)30(47-20(4)43)32(48-26)49-39-16-23(35-37-39)15-38-25-8-6-5-7-24(25)27(31(38)44)36-34-22-11-9-21(14-33)10-12-22/h5-12,16,26,28-30,32,44H,13,15H2,1-4H3/t26-,28-,29+,30-,32+/m1/s1. The summed E-state index contributed by atoms with van der Waals surface area (Å²) >= 11 is 0. The van der Waals surface area contributed by atoms with E-state index in [-0.39, 0.29) is 30.3 Å². The van der Waals surface area contributed by atoms with Crippen molar-refractivity contribution in [3.63, 3.8) is 0 Å². The van der Waals surface area contributed by atoms with Gasteiger partial charge in [-0.2, -0.15) is 10.4 Å². The van der Waals surface area contributed by atoms with Crippen molar-refractivity contribution in [1.82, 2.24) is 19.7 Å². The summed E-state index contributed by atoms with van der Waals surface area (Å²) in [6.07, 6.45) is -5.71. The van der Waals surface area contributed by atoms with Crippen molar-refractivity contribution in [3.8, 4) is 11.9 Å². The first kappa shape index (κ1) is 34.2. The second-order valence-electron chi connectivity index (χ2n) is 11.0. The van der Waals surface area contributed by atoms with Gasteiger partial charge in [-0.25, -0.2) is 0 Å². The summed E-state index contributed by atoms with van der Waals surface area (Å²) < 4.78 is 23.7. The Balaban J connectivity index is 1.42. The molecule has 2 aromatic heterocycles. The maximum Gasteiger partial charge on any atom is 0.303 e. The third-order valence-electron chi connectivity index (χ3n) is 7.22. The lowest BCUT2D eigenvalue weighted by atomic mass is 9.95. The lowest BCUT2D eigenvalue weighted by Crippen LogP contribution is -2.63. The van der Waals surface area contributed by atoms with E-state index in [1.807, 2.05) is 6.07 Å². The van der Waals surface area contributed by atoms with Crippen molar-refractivity contribution >= 4 is 46.0 Å². The summed E-state index contributed by atoms with van der Waals surface area (Å²) in [5, 5.41) is 37.4. The van der Waals surface area contributed by atoms with E-state index in [0.29, 0.717) is 27.8 Å². The van der Waals surface area contributed by atoms with Crippen LogP contribution >= 0.6 is 0 Å². The van der Waals surface area contributed by atoms with Crippen molar-refractivity contribution in [3.05, 3.63) is 66.0 Å². The molecule has 1 saturated heterocycles. The Labute approximate surface area is 278 Å². The Hall–Kier alpha value is -6.15. The molecule has 49 heavy (non-hydrogen) atoms. The molecule has 4 aromatic rings. The van der Waals surface area contributed by atoms with Crippen molar-refractivity contribution in [2.24, 2.45) is 10.2 Å². The average molecular weight is 674 g/mol. The van der Waals surface area contributed by atoms with E-state index >= 15 is 0 Å². The molecule has 1 aliphatic rings. The van der Waals surface area contributed by atoms with Gasteiger partial charge in [0.2, 0.25) is 12.0 Å². The highest BCUT2D eigenvalue weighted by Gasteiger charge is 2.53. The number of rotatable bonds is 11. The lowest BCUT2D eigenvalue weighted by molar-refractivity contribution is -0.305. The van der Waals surface area contributed by atoms with Crippen LogP contribution in [0.3, 0.4) is 0 Å². The van der Waals surface area contributed by atoms with E-state index < -0.39 is 48.6 Å². The number of Topliss-reactive ketones (excluding diaryl/α,β-unsaturated/α-hetero) is 1. The number of hydrogen-bond acceptors (Lipinski definition) is 15. The fraction of sp³-hybridized carbons (Fsp3) is 0.344. The molecule has 0 saturated carbocycles. The van der Waals surface area contributed by atoms with Crippen LogP contribution in [0.1, 0.15) is 45.4 Å². The summed E-state index contributed by atoms with van der Waals surface area (Å²) in [7, 11) is 0. The molecule has 2 aromatic carbocycles. The van der Waals surface area contributed by atoms with E-state index in [1.54, 1.807) is 53.1 Å². The molecule has 0 amide bonds. The van der Waals surface area contributed by atoms with Gasteiger partial charge < -0.3 is 33.5 Å². The molecule has 5 atom stereocenters. The summed E-state index contributed by atoms with van der Waals surface area (Å²) in [5.41, 5.74) is 2.08. The SMILES string of the molecule is CC(=O)C[C@H]1O[C@@H](On2cc(Cn3c(O)c(N=Nc4ccc(C#N)cc4)c4ccccc43)nn2)[C@H](OC(C)=O)[C@@H](OC(C)=O)[C@@H]1OC(C)=O. The van der Waals surface area contributed by atoms with Crippen molar-refractivity contribution < 1.29 is 48.1 Å². The zero-order chi connectivity index (χ0) is 35.2. The molecule has 17 nitrogen and oxygen atoms in total. The second kappa shape index (κ2) is 14.7. The first-order chi connectivity index (χ1) is 23.4. The molecular weight excluding hydrogens is 642 g/mol. The fourth-order valence-corrected chi connectivity index (χ4v) is 5.30. The molecule has 0 unspecified atom stereocenters. The minimum absolute atomic E-state index is 0.00144. The van der Waals surface area contributed by atoms with E-state index in [9.17, 15) is 24.3 Å². The Morgan fingerprint density at radius 1 is 0.918 bits per heavy atom. The van der Waals surface area contributed by atoms with Crippen LogP contribution in [-0.2, 0) is 44.7 Å². The van der Waals surface area contributed by atoms with E-state index in [4.69, 9.17) is 29.0 Å². The summed E-state index contributed by atoms with van der Waals surface area (Å²) in [6.45, 7) is 4.66. The van der Waals surface area contributed by atoms with Gasteiger partial charge in [-0.1, -0.05) is 23.0 Å². The van der Waals surface area contributed by atoms with E-state index in [2.05, 4.69) is 20.5 Å². The maximum absolute atomic E-state index is 12.1. The highest BCUT2D eigenvalue weighted by atomic mass is 16.8. The summed E-state index contributed by atoms with van der Waals surface area (Å²) in [5.74, 6) is -2.84. The molecule has 254 valence electrons. The highest BCUT2D eigenvalue weighted by molar-refractivity contribution is 5.95. The molecule has 3 heterocycles. The Morgan fingerprint density at radius 3 is 2.22 bits per heavy atom. The van der Waals surface area contributed by atoms with Crippen molar-refractivity contribution in [2.45, 2.75) is 71.4 Å². The fourth-order valence-electron chi connectivity index (χ4n) is 5.30. The Kier molecular flexibility index (Phi) is 10.3. The largest absolute Gasteiger partial charge is 0.493 e. The topological polar surface area (TPSA) is 219 Å². The molecule has 0 aliphatic carbocycles. The summed E-state index contributed by atoms with van der Waals surface area (Å²) in [6, 6.07) is 15.6. The third kappa shape index (κ3) is 8.05. The van der Waals surface area contributed by atoms with Crippen LogP contribution in [-0.4, -0.2) is 79.2 Å². The first-order valence-corrected chi connectivity index (χ1v) is 14.9. The number of hydrogen-bond donors (Lipinski definition) is 1. The molecule has 1 N–H and O–H groups in total. The molecule has 5 rings (SSSR count). The maximum atomic E-state index is 12.1. The van der Waals surface area contributed by atoms with Gasteiger partial charge in [-0.3, -0.25) is 19.2 Å². The average Bonchev–Trinajstić information content (AvgIpc) is 3.60. The normalized spacial score (nSPS) is 20.4. The Morgan fingerprint density at radius 2 is 1.57 bits per heavy atom. The smallest absolute Gasteiger partial charge is 0.303 e. The number of carbonyl (C=O) groups is 4. The van der Waals surface area contributed by atoms with Gasteiger partial charge in [0.15, 0.2) is 17.9 Å². The number of nitriles is 1. The van der Waals surface area contributed by atoms with Gasteiger partial charge >= 0.3 is 17.9 Å². The van der Waals surface area contributed by atoms with Gasteiger partial charge in [0.25, 0.3) is 6.29 Å². The number of azo groups is 1. The molecule has 0 bridgehead atoms. The van der Waals surface area contributed by atoms with Gasteiger partial charge in [-0.05, 0) is 42.5 Å². The van der Waals surface area contributed by atoms with Crippen LogP contribution < -0.4 is 4.84 Å². The number of fused-ring (bicyclic) bond motifs is 1. The highest BCUT2D eigenvalue weighted by Crippen LogP contribution is 2.40. The third-order valence-corrected chi connectivity index (χ3v) is 7.22. The minimum Gasteiger partial charge on any atom is -0.493 e. The Bertz CT molecular complexity index is 1950. The molecule has 0 spiro atoms. The first-order valence-electron chi connectivity index (χ1n) is 14.9. The number of nitrogens with zero attached hydrogens (tertiary/aromatic N) is 7. The van der Waals surface area contributed by atoms with Crippen LogP contribution in [0.2, 0.25) is 0 Å². The molecule has 1 fully saturated rings. The predicted octanol–water partition coefficient (Wildman–Crippen LogP) is 3.20. The van der Waals surface area contributed by atoms with Gasteiger partial charge in [0.05, 0.1) is 35.6 Å². The van der Waals surface area contributed by atoms with Gasteiger partial charge in [0, 0.05) is 32.6 Å². The van der Waals surface area contributed by atoms with Crippen LogP contribution in [0, 0.1) is 11.3 Å². The monoisotopic (exact) mass is 673 g/mol.